The third kappa shape index (κ3) is 3.42. The number of pyridine rings is 1. The summed E-state index contributed by atoms with van der Waals surface area (Å²) in [5.41, 5.74) is 2.14. The van der Waals surface area contributed by atoms with E-state index in [-0.39, 0.29) is 0 Å². The van der Waals surface area contributed by atoms with Crippen LogP contribution in [0.1, 0.15) is 11.3 Å². The topological polar surface area (TPSA) is 50.7 Å². The third-order valence-corrected chi connectivity index (χ3v) is 4.93. The van der Waals surface area contributed by atoms with Crippen molar-refractivity contribution in [2.24, 2.45) is 0 Å². The molecule has 21 heavy (non-hydrogen) atoms. The van der Waals surface area contributed by atoms with Crippen molar-refractivity contribution in [2.45, 2.75) is 8.23 Å². The first-order chi connectivity index (χ1) is 10.1. The molecule has 0 aliphatic heterocycles. The summed E-state index contributed by atoms with van der Waals surface area (Å²) in [6.45, 7) is 0.415. The highest BCUT2D eigenvalue weighted by Crippen LogP contribution is 2.42. The van der Waals surface area contributed by atoms with E-state index in [4.69, 9.17) is 0 Å². The molecule has 0 aromatic carbocycles. The molecule has 0 aliphatic rings. The van der Waals surface area contributed by atoms with Crippen LogP contribution < -0.4 is 5.32 Å². The summed E-state index contributed by atoms with van der Waals surface area (Å²) in [7, 11) is 0. The second-order valence-electron chi connectivity index (χ2n) is 4.21. The van der Waals surface area contributed by atoms with Gasteiger partial charge in [-0.05, 0) is 62.7 Å². The Kier molecular flexibility index (Phi) is 4.54. The number of anilines is 1. The first kappa shape index (κ1) is 15.3. The lowest BCUT2D eigenvalue weighted by molar-refractivity contribution is 0.465. The second-order valence-corrected chi connectivity index (χ2v) is 10.2. The average molecular weight is 526 g/mol. The summed E-state index contributed by atoms with van der Waals surface area (Å²) in [5.74, 6) is 0.748. The first-order valence-corrected chi connectivity index (χ1v) is 9.02. The minimum Gasteiger partial charge on any atom is -0.363 e. The van der Waals surface area contributed by atoms with Crippen molar-refractivity contribution in [3.05, 3.63) is 47.4 Å². The Balaban J connectivity index is 1.87. The first-order valence-electron chi connectivity index (χ1n) is 5.99. The van der Waals surface area contributed by atoms with Crippen LogP contribution in [0.2, 0.25) is 0 Å². The van der Waals surface area contributed by atoms with E-state index in [1.807, 2.05) is 11.4 Å². The van der Waals surface area contributed by atoms with Crippen LogP contribution in [-0.4, -0.2) is 15.0 Å². The number of alkyl halides is 3. The fraction of sp³-hybridized carbons (Fsp3) is 0.154. The van der Waals surface area contributed by atoms with E-state index in [2.05, 4.69) is 20.3 Å². The molecule has 3 aromatic rings. The van der Waals surface area contributed by atoms with Crippen LogP contribution in [0.15, 0.2) is 36.1 Å². The van der Waals surface area contributed by atoms with Crippen LogP contribution in [0.25, 0.3) is 10.2 Å². The predicted molar refractivity (Wildman–Crippen MR) is 99.8 cm³/mol. The normalized spacial score (nSPS) is 11.8. The molecule has 0 amide bonds. The van der Waals surface area contributed by atoms with Gasteiger partial charge in [-0.15, -0.1) is 11.3 Å². The molecule has 0 bridgehead atoms. The zero-order valence-electron chi connectivity index (χ0n) is 10.6. The molecule has 3 rings (SSSR count). The van der Waals surface area contributed by atoms with Gasteiger partial charge in [0.25, 0.3) is 0 Å². The standard InChI is InChI=1S/C13H9FI2N4S/c14-13(15,16)8-2-1-4-17-10(8)6-18-12-11-9(3-5-21-11)19-7-20-12/h1-5,7H,6H2,(H,18,19,20). The van der Waals surface area contributed by atoms with Crippen molar-refractivity contribution in [2.75, 3.05) is 5.32 Å². The molecule has 0 fully saturated rings. The molecule has 1 N–H and O–H groups in total. The molecule has 0 spiro atoms. The van der Waals surface area contributed by atoms with E-state index >= 15 is 0 Å². The van der Waals surface area contributed by atoms with Gasteiger partial charge in [-0.3, -0.25) is 4.98 Å². The maximum atomic E-state index is 14.2. The minimum atomic E-state index is -1.48. The lowest BCUT2D eigenvalue weighted by atomic mass is 10.2. The monoisotopic (exact) mass is 526 g/mol. The van der Waals surface area contributed by atoms with Gasteiger partial charge in [0.15, 0.2) is 0 Å². The van der Waals surface area contributed by atoms with Gasteiger partial charge in [-0.1, -0.05) is 6.07 Å². The van der Waals surface area contributed by atoms with Crippen LogP contribution in [0.4, 0.5) is 10.2 Å². The average Bonchev–Trinajstić information content (AvgIpc) is 2.93. The number of halogens is 3. The van der Waals surface area contributed by atoms with Gasteiger partial charge < -0.3 is 5.32 Å². The third-order valence-electron chi connectivity index (χ3n) is 2.86. The van der Waals surface area contributed by atoms with Crippen molar-refractivity contribution in [3.63, 3.8) is 0 Å². The summed E-state index contributed by atoms with van der Waals surface area (Å²) in [6, 6.07) is 5.44. The Bertz CT molecular complexity index is 772. The Hall–Kier alpha value is -0.620. The van der Waals surface area contributed by atoms with Gasteiger partial charge in [-0.2, -0.15) is 0 Å². The fourth-order valence-electron chi connectivity index (χ4n) is 1.92. The molecule has 3 aromatic heterocycles. The number of nitrogens with zero attached hydrogens (tertiary/aromatic N) is 3. The number of hydrogen-bond donors (Lipinski definition) is 1. The molecule has 0 saturated heterocycles. The smallest absolute Gasteiger partial charge is 0.237 e. The molecular formula is C13H9FI2N4S. The summed E-state index contributed by atoms with van der Waals surface area (Å²) in [4.78, 5) is 12.7. The molecule has 0 aliphatic carbocycles. The number of hydrogen-bond acceptors (Lipinski definition) is 5. The van der Waals surface area contributed by atoms with Crippen LogP contribution in [-0.2, 0) is 8.23 Å². The zero-order chi connectivity index (χ0) is 14.9. The Labute approximate surface area is 151 Å². The molecular weight excluding hydrogens is 517 g/mol. The van der Waals surface area contributed by atoms with Gasteiger partial charge >= 0.3 is 0 Å². The van der Waals surface area contributed by atoms with Gasteiger partial charge in [0.05, 0.1) is 22.5 Å². The molecule has 0 atom stereocenters. The molecule has 0 radical (unpaired) electrons. The summed E-state index contributed by atoms with van der Waals surface area (Å²) in [6.07, 6.45) is 3.19. The quantitative estimate of drug-likeness (QED) is 0.398. The SMILES string of the molecule is FC(I)(I)c1cccnc1CNc1ncnc2ccsc12. The largest absolute Gasteiger partial charge is 0.363 e. The fourth-order valence-corrected chi connectivity index (χ4v) is 3.71. The van der Waals surface area contributed by atoms with Gasteiger partial charge in [0.1, 0.15) is 12.1 Å². The predicted octanol–water partition coefficient (Wildman–Crippen LogP) is 4.65. The Morgan fingerprint density at radius 1 is 1.24 bits per heavy atom. The van der Waals surface area contributed by atoms with E-state index in [0.29, 0.717) is 17.8 Å². The van der Waals surface area contributed by atoms with Gasteiger partial charge in [0, 0.05) is 11.8 Å². The highest BCUT2D eigenvalue weighted by molar-refractivity contribution is 14.2. The lowest BCUT2D eigenvalue weighted by Crippen LogP contribution is -2.11. The van der Waals surface area contributed by atoms with Crippen LogP contribution in [0.3, 0.4) is 0 Å². The Morgan fingerprint density at radius 2 is 2.10 bits per heavy atom. The van der Waals surface area contributed by atoms with E-state index in [0.717, 1.165) is 16.0 Å². The molecule has 108 valence electrons. The maximum absolute atomic E-state index is 14.2. The van der Waals surface area contributed by atoms with Crippen LogP contribution in [0, 0.1) is 0 Å². The highest BCUT2D eigenvalue weighted by atomic mass is 127. The number of thiophene rings is 1. The highest BCUT2D eigenvalue weighted by Gasteiger charge is 2.27. The lowest BCUT2D eigenvalue weighted by Gasteiger charge is -2.15. The number of rotatable bonds is 4. The van der Waals surface area contributed by atoms with Crippen LogP contribution >= 0.6 is 56.5 Å². The van der Waals surface area contributed by atoms with Gasteiger partial charge in [0.2, 0.25) is 1.68 Å². The minimum absolute atomic E-state index is 0.415. The summed E-state index contributed by atoms with van der Waals surface area (Å²) in [5, 5.41) is 5.20. The maximum Gasteiger partial charge on any atom is 0.237 e. The van der Waals surface area contributed by atoms with Crippen molar-refractivity contribution in [1.29, 1.82) is 0 Å². The molecule has 3 heterocycles. The van der Waals surface area contributed by atoms with E-state index in [9.17, 15) is 4.39 Å². The molecule has 8 heteroatoms. The Morgan fingerprint density at radius 3 is 2.90 bits per heavy atom. The van der Waals surface area contributed by atoms with E-state index < -0.39 is 1.68 Å². The second kappa shape index (κ2) is 6.24. The number of nitrogens with one attached hydrogen (secondary N) is 1. The molecule has 4 nitrogen and oxygen atoms in total. The summed E-state index contributed by atoms with van der Waals surface area (Å²) >= 11 is 5.10. The van der Waals surface area contributed by atoms with Gasteiger partial charge in [-0.25, -0.2) is 14.4 Å². The molecule has 0 saturated carbocycles. The zero-order valence-corrected chi connectivity index (χ0v) is 15.7. The van der Waals surface area contributed by atoms with Crippen LogP contribution in [0.5, 0.6) is 0 Å². The van der Waals surface area contributed by atoms with Crippen molar-refractivity contribution >= 4 is 72.6 Å². The van der Waals surface area contributed by atoms with E-state index in [1.165, 1.54) is 6.33 Å². The van der Waals surface area contributed by atoms with E-state index in [1.54, 1.807) is 74.8 Å². The summed E-state index contributed by atoms with van der Waals surface area (Å²) < 4.78 is 13.7. The van der Waals surface area contributed by atoms with Crippen molar-refractivity contribution in [3.8, 4) is 0 Å². The van der Waals surface area contributed by atoms with Crippen molar-refractivity contribution < 1.29 is 4.39 Å². The molecule has 0 unspecified atom stereocenters. The number of aromatic nitrogens is 3. The number of fused-ring (bicyclic) bond motifs is 1. The van der Waals surface area contributed by atoms with Crippen molar-refractivity contribution in [1.82, 2.24) is 15.0 Å².